The summed E-state index contributed by atoms with van der Waals surface area (Å²) in [5, 5.41) is 18.4. The number of hydrogen-bond donors (Lipinski definition) is 1. The van der Waals surface area contributed by atoms with E-state index in [1.54, 1.807) is 19.1 Å². The Labute approximate surface area is 107 Å². The third-order valence-electron chi connectivity index (χ3n) is 2.74. The van der Waals surface area contributed by atoms with Gasteiger partial charge in [-0.2, -0.15) is 5.26 Å². The summed E-state index contributed by atoms with van der Waals surface area (Å²) in [5.74, 6) is -0.347. The smallest absolute Gasteiger partial charge is 0.310 e. The molecule has 0 spiro atoms. The van der Waals surface area contributed by atoms with Gasteiger partial charge in [-0.1, -0.05) is 13.0 Å². The highest BCUT2D eigenvalue weighted by Crippen LogP contribution is 2.18. The van der Waals surface area contributed by atoms with Crippen LogP contribution < -0.4 is 0 Å². The first-order chi connectivity index (χ1) is 8.65. The Kier molecular flexibility index (Phi) is 5.34. The number of carbonyl (C=O) groups excluding carboxylic acids is 1. The Hall–Kier alpha value is -1.86. The lowest BCUT2D eigenvalue weighted by Crippen LogP contribution is -2.10. The molecule has 96 valence electrons. The van der Waals surface area contributed by atoms with Gasteiger partial charge in [0.2, 0.25) is 0 Å². The lowest BCUT2D eigenvalue weighted by molar-refractivity contribution is -0.142. The average molecular weight is 247 g/mol. The molecule has 4 nitrogen and oxygen atoms in total. The lowest BCUT2D eigenvalue weighted by Gasteiger charge is -2.10. The summed E-state index contributed by atoms with van der Waals surface area (Å²) in [4.78, 5) is 11.4. The third kappa shape index (κ3) is 3.31. The number of aliphatic hydroxyl groups excluding tert-OH is 1. The number of ether oxygens (including phenoxy) is 1. The van der Waals surface area contributed by atoms with E-state index < -0.39 is 0 Å². The molecule has 0 radical (unpaired) electrons. The monoisotopic (exact) mass is 247 g/mol. The molecule has 0 amide bonds. The Morgan fingerprint density at radius 3 is 2.56 bits per heavy atom. The molecular formula is C14H17NO3. The molecule has 1 aromatic carbocycles. The van der Waals surface area contributed by atoms with E-state index in [2.05, 4.69) is 6.07 Å². The van der Waals surface area contributed by atoms with Gasteiger partial charge in [-0.25, -0.2) is 0 Å². The summed E-state index contributed by atoms with van der Waals surface area (Å²) in [6.07, 6.45) is 0.804. The number of nitrogens with zero attached hydrogens (tertiary/aromatic N) is 1. The van der Waals surface area contributed by atoms with Gasteiger partial charge >= 0.3 is 5.97 Å². The van der Waals surface area contributed by atoms with E-state index in [1.165, 1.54) is 0 Å². The molecule has 0 atom stereocenters. The van der Waals surface area contributed by atoms with Crippen molar-refractivity contribution in [3.8, 4) is 6.07 Å². The van der Waals surface area contributed by atoms with E-state index in [-0.39, 0.29) is 19.0 Å². The second kappa shape index (κ2) is 6.77. The fourth-order valence-electron chi connectivity index (χ4n) is 1.82. The van der Waals surface area contributed by atoms with Gasteiger partial charge in [0.25, 0.3) is 0 Å². The van der Waals surface area contributed by atoms with Gasteiger partial charge in [0.1, 0.15) is 0 Å². The van der Waals surface area contributed by atoms with Crippen LogP contribution in [0.4, 0.5) is 0 Å². The quantitative estimate of drug-likeness (QED) is 0.804. The highest BCUT2D eigenvalue weighted by molar-refractivity contribution is 5.73. The summed E-state index contributed by atoms with van der Waals surface area (Å²) in [5.41, 5.74) is 2.77. The Morgan fingerprint density at radius 1 is 1.33 bits per heavy atom. The van der Waals surface area contributed by atoms with Gasteiger partial charge in [0, 0.05) is 0 Å². The number of benzene rings is 1. The van der Waals surface area contributed by atoms with Gasteiger partial charge in [0.05, 0.1) is 31.3 Å². The maximum absolute atomic E-state index is 11.4. The van der Waals surface area contributed by atoms with Gasteiger partial charge in [-0.05, 0) is 36.1 Å². The second-order valence-electron chi connectivity index (χ2n) is 3.88. The van der Waals surface area contributed by atoms with Crippen molar-refractivity contribution in [1.29, 1.82) is 5.26 Å². The minimum absolute atomic E-state index is 0.0857. The van der Waals surface area contributed by atoms with Crippen molar-refractivity contribution in [2.24, 2.45) is 0 Å². The average Bonchev–Trinajstić information content (AvgIpc) is 2.38. The molecule has 0 fully saturated rings. The van der Waals surface area contributed by atoms with E-state index in [4.69, 9.17) is 10.00 Å². The number of nitriles is 1. The SMILES string of the molecule is CCOC(=O)Cc1cc(C#N)c(CC)cc1CO. The molecule has 1 N–H and O–H groups in total. The first kappa shape index (κ1) is 14.2. The normalized spacial score (nSPS) is 9.89. The zero-order valence-corrected chi connectivity index (χ0v) is 10.7. The summed E-state index contributed by atoms with van der Waals surface area (Å²) in [6.45, 7) is 3.87. The largest absolute Gasteiger partial charge is 0.466 e. The van der Waals surface area contributed by atoms with Crippen molar-refractivity contribution in [1.82, 2.24) is 0 Å². The summed E-state index contributed by atoms with van der Waals surface area (Å²) >= 11 is 0. The van der Waals surface area contributed by atoms with Crippen molar-refractivity contribution < 1.29 is 14.6 Å². The minimum Gasteiger partial charge on any atom is -0.466 e. The van der Waals surface area contributed by atoms with Crippen LogP contribution in [0.25, 0.3) is 0 Å². The second-order valence-corrected chi connectivity index (χ2v) is 3.88. The van der Waals surface area contributed by atoms with Crippen LogP contribution in [0.15, 0.2) is 12.1 Å². The molecule has 1 rings (SSSR count). The molecule has 0 bridgehead atoms. The fourth-order valence-corrected chi connectivity index (χ4v) is 1.82. The molecular weight excluding hydrogens is 230 g/mol. The maximum Gasteiger partial charge on any atom is 0.310 e. The predicted molar refractivity (Wildman–Crippen MR) is 66.8 cm³/mol. The van der Waals surface area contributed by atoms with Crippen LogP contribution in [0, 0.1) is 11.3 Å². The van der Waals surface area contributed by atoms with Crippen LogP contribution >= 0.6 is 0 Å². The summed E-state index contributed by atoms with van der Waals surface area (Å²) in [6, 6.07) is 5.56. The molecule has 0 aliphatic carbocycles. The van der Waals surface area contributed by atoms with E-state index in [0.717, 1.165) is 12.0 Å². The first-order valence-electron chi connectivity index (χ1n) is 5.97. The lowest BCUT2D eigenvalue weighted by atomic mass is 9.96. The molecule has 0 aromatic heterocycles. The van der Waals surface area contributed by atoms with Gasteiger partial charge in [-0.15, -0.1) is 0 Å². The summed E-state index contributed by atoms with van der Waals surface area (Å²) < 4.78 is 4.87. The third-order valence-corrected chi connectivity index (χ3v) is 2.74. The Morgan fingerprint density at radius 2 is 2.06 bits per heavy atom. The summed E-state index contributed by atoms with van der Waals surface area (Å²) in [7, 11) is 0. The Balaban J connectivity index is 3.10. The van der Waals surface area contributed by atoms with E-state index in [1.807, 2.05) is 6.92 Å². The number of carbonyl (C=O) groups is 1. The van der Waals surface area contributed by atoms with Gasteiger partial charge in [0.15, 0.2) is 0 Å². The number of aryl methyl sites for hydroxylation is 1. The van der Waals surface area contributed by atoms with Crippen LogP contribution in [-0.4, -0.2) is 17.7 Å². The number of aliphatic hydroxyl groups is 1. The van der Waals surface area contributed by atoms with E-state index in [0.29, 0.717) is 23.3 Å². The van der Waals surface area contributed by atoms with Crippen LogP contribution in [0.3, 0.4) is 0 Å². The zero-order valence-electron chi connectivity index (χ0n) is 10.7. The molecule has 0 heterocycles. The maximum atomic E-state index is 11.4. The molecule has 4 heteroatoms. The van der Waals surface area contributed by atoms with Gasteiger partial charge in [-0.3, -0.25) is 4.79 Å². The van der Waals surface area contributed by atoms with Crippen molar-refractivity contribution in [3.63, 3.8) is 0 Å². The van der Waals surface area contributed by atoms with Crippen LogP contribution in [0.5, 0.6) is 0 Å². The molecule has 0 saturated carbocycles. The number of rotatable bonds is 5. The van der Waals surface area contributed by atoms with Crippen molar-refractivity contribution in [2.75, 3.05) is 6.61 Å². The van der Waals surface area contributed by atoms with E-state index >= 15 is 0 Å². The number of esters is 1. The zero-order chi connectivity index (χ0) is 13.5. The molecule has 0 unspecified atom stereocenters. The van der Waals surface area contributed by atoms with Crippen molar-refractivity contribution in [3.05, 3.63) is 34.4 Å². The highest BCUT2D eigenvalue weighted by atomic mass is 16.5. The molecule has 1 aromatic rings. The van der Waals surface area contributed by atoms with Crippen LogP contribution in [0.2, 0.25) is 0 Å². The van der Waals surface area contributed by atoms with Crippen molar-refractivity contribution in [2.45, 2.75) is 33.3 Å². The molecule has 0 aliphatic rings. The predicted octanol–water partition coefficient (Wildman–Crippen LogP) is 1.72. The fraction of sp³-hybridized carbons (Fsp3) is 0.429. The highest BCUT2D eigenvalue weighted by Gasteiger charge is 2.12. The van der Waals surface area contributed by atoms with E-state index in [9.17, 15) is 9.90 Å². The Bertz CT molecular complexity index is 475. The molecule has 18 heavy (non-hydrogen) atoms. The standard InChI is InChI=1S/C14H17NO3/c1-3-10-5-13(9-16)11(6-12(10)8-15)7-14(17)18-4-2/h5-6,16H,3-4,7,9H2,1-2H3. The molecule has 0 aliphatic heterocycles. The van der Waals surface area contributed by atoms with Crippen LogP contribution in [-0.2, 0) is 29.0 Å². The minimum atomic E-state index is -0.347. The van der Waals surface area contributed by atoms with Crippen LogP contribution in [0.1, 0.15) is 36.1 Å². The van der Waals surface area contributed by atoms with Crippen molar-refractivity contribution >= 4 is 5.97 Å². The number of hydrogen-bond acceptors (Lipinski definition) is 4. The van der Waals surface area contributed by atoms with Gasteiger partial charge < -0.3 is 9.84 Å². The topological polar surface area (TPSA) is 70.3 Å². The first-order valence-corrected chi connectivity index (χ1v) is 5.97. The molecule has 0 saturated heterocycles.